The largest absolute Gasteiger partial charge is 0.381 e. The van der Waals surface area contributed by atoms with Crippen molar-refractivity contribution in [3.05, 3.63) is 58.1 Å². The summed E-state index contributed by atoms with van der Waals surface area (Å²) in [5, 5.41) is 4.07. The number of anilines is 1. The van der Waals surface area contributed by atoms with E-state index in [2.05, 4.69) is 21.2 Å². The summed E-state index contributed by atoms with van der Waals surface area (Å²) in [7, 11) is 3.12. The van der Waals surface area contributed by atoms with Gasteiger partial charge in [-0.1, -0.05) is 22.0 Å². The third kappa shape index (κ3) is 4.30. The lowest BCUT2D eigenvalue weighted by Crippen LogP contribution is -2.21. The summed E-state index contributed by atoms with van der Waals surface area (Å²) < 4.78 is 0.958. The Kier molecular flexibility index (Phi) is 5.54. The van der Waals surface area contributed by atoms with Crippen LogP contribution >= 0.6 is 15.9 Å². The number of hydrogen-bond acceptors (Lipinski definition) is 4. The van der Waals surface area contributed by atoms with E-state index < -0.39 is 0 Å². The van der Waals surface area contributed by atoms with Crippen LogP contribution in [0.1, 0.15) is 15.9 Å². The number of hydrogen-bond donors (Lipinski definition) is 1. The van der Waals surface area contributed by atoms with E-state index in [0.29, 0.717) is 11.3 Å². The Labute approximate surface area is 137 Å². The Bertz CT molecular complexity index is 659. The van der Waals surface area contributed by atoms with Gasteiger partial charge in [-0.3, -0.25) is 9.63 Å². The Morgan fingerprint density at radius 1 is 1.18 bits per heavy atom. The highest BCUT2D eigenvalue weighted by atomic mass is 79.9. The maximum atomic E-state index is 12.4. The maximum Gasteiger partial charge on any atom is 0.256 e. The normalized spacial score (nSPS) is 10.6. The lowest BCUT2D eigenvalue weighted by Gasteiger charge is -2.15. The van der Waals surface area contributed by atoms with Crippen LogP contribution in [0.2, 0.25) is 0 Å². The van der Waals surface area contributed by atoms with Crippen LogP contribution in [-0.4, -0.2) is 25.3 Å². The second-order valence-electron chi connectivity index (χ2n) is 4.65. The van der Waals surface area contributed by atoms with Crippen molar-refractivity contribution in [3.8, 4) is 5.75 Å². The molecule has 0 aliphatic rings. The van der Waals surface area contributed by atoms with Crippen LogP contribution in [0.5, 0.6) is 5.75 Å². The highest BCUT2D eigenvalue weighted by Crippen LogP contribution is 2.20. The van der Waals surface area contributed by atoms with Crippen molar-refractivity contribution < 1.29 is 14.5 Å². The molecule has 5 nitrogen and oxygen atoms in total. The summed E-state index contributed by atoms with van der Waals surface area (Å²) in [6.07, 6.45) is 0. The SMILES string of the molecule is CON(C)Oc1ccc(C)c(C(=O)Nc2ccc(Br)cc2)c1. The van der Waals surface area contributed by atoms with Gasteiger partial charge >= 0.3 is 0 Å². The molecule has 0 aliphatic carbocycles. The molecule has 6 heteroatoms. The van der Waals surface area contributed by atoms with Crippen molar-refractivity contribution in [1.82, 2.24) is 5.23 Å². The molecule has 116 valence electrons. The molecule has 0 unspecified atom stereocenters. The molecule has 2 rings (SSSR count). The fraction of sp³-hybridized carbons (Fsp3) is 0.188. The maximum absolute atomic E-state index is 12.4. The zero-order valence-electron chi connectivity index (χ0n) is 12.6. The number of halogens is 1. The van der Waals surface area contributed by atoms with Crippen molar-refractivity contribution in [2.24, 2.45) is 0 Å². The van der Waals surface area contributed by atoms with Crippen LogP contribution in [0.4, 0.5) is 5.69 Å². The first-order chi connectivity index (χ1) is 10.5. The molecule has 0 bridgehead atoms. The first-order valence-electron chi connectivity index (χ1n) is 6.63. The van der Waals surface area contributed by atoms with Crippen molar-refractivity contribution in [2.75, 3.05) is 19.5 Å². The van der Waals surface area contributed by atoms with Crippen molar-refractivity contribution >= 4 is 27.5 Å². The molecule has 2 aromatic carbocycles. The lowest BCUT2D eigenvalue weighted by molar-refractivity contribution is -0.284. The van der Waals surface area contributed by atoms with Gasteiger partial charge in [0.1, 0.15) is 0 Å². The molecular formula is C16H17BrN2O3. The topological polar surface area (TPSA) is 50.8 Å². The van der Waals surface area contributed by atoms with E-state index in [1.165, 1.54) is 12.3 Å². The predicted octanol–water partition coefficient (Wildman–Crippen LogP) is 3.80. The molecule has 0 spiro atoms. The van der Waals surface area contributed by atoms with Gasteiger partial charge in [0.2, 0.25) is 0 Å². The standard InChI is InChI=1S/C16H17BrN2O3/c1-11-4-9-14(22-19(2)21-3)10-15(11)16(20)18-13-7-5-12(17)6-8-13/h4-10H,1-3H3,(H,18,20). The average Bonchev–Trinajstić information content (AvgIpc) is 2.51. The van der Waals surface area contributed by atoms with Gasteiger partial charge < -0.3 is 10.2 Å². The number of aryl methyl sites for hydroxylation is 1. The fourth-order valence-electron chi connectivity index (χ4n) is 1.82. The van der Waals surface area contributed by atoms with Crippen LogP contribution in [0.25, 0.3) is 0 Å². The third-order valence-electron chi connectivity index (χ3n) is 3.05. The summed E-state index contributed by atoms with van der Waals surface area (Å²) in [5.41, 5.74) is 2.14. The number of hydroxylamine groups is 2. The van der Waals surface area contributed by atoms with Crippen molar-refractivity contribution in [1.29, 1.82) is 0 Å². The average molecular weight is 365 g/mol. The smallest absolute Gasteiger partial charge is 0.256 e. The Hall–Kier alpha value is -1.89. The number of rotatable bonds is 5. The Morgan fingerprint density at radius 2 is 1.86 bits per heavy atom. The molecule has 0 radical (unpaired) electrons. The number of amides is 1. The molecule has 0 aliphatic heterocycles. The van der Waals surface area contributed by atoms with Crippen molar-refractivity contribution in [3.63, 3.8) is 0 Å². The van der Waals surface area contributed by atoms with Crippen LogP contribution < -0.4 is 10.2 Å². The zero-order valence-corrected chi connectivity index (χ0v) is 14.2. The molecule has 0 saturated heterocycles. The number of carbonyl (C=O) groups is 1. The van der Waals surface area contributed by atoms with Gasteiger partial charge in [-0.15, -0.1) is 0 Å². The molecule has 22 heavy (non-hydrogen) atoms. The van der Waals surface area contributed by atoms with Gasteiger partial charge in [0.05, 0.1) is 14.2 Å². The van der Waals surface area contributed by atoms with Gasteiger partial charge in [0, 0.05) is 15.7 Å². The molecule has 0 heterocycles. The summed E-state index contributed by atoms with van der Waals surface area (Å²) in [4.78, 5) is 22.7. The van der Waals surface area contributed by atoms with E-state index in [0.717, 1.165) is 15.7 Å². The quantitative estimate of drug-likeness (QED) is 0.819. The summed E-state index contributed by atoms with van der Waals surface area (Å²) in [6.45, 7) is 1.88. The Balaban J connectivity index is 2.17. The highest BCUT2D eigenvalue weighted by Gasteiger charge is 2.12. The van der Waals surface area contributed by atoms with Crippen LogP contribution in [0.15, 0.2) is 46.9 Å². The van der Waals surface area contributed by atoms with Gasteiger partial charge in [-0.25, -0.2) is 0 Å². The fourth-order valence-corrected chi connectivity index (χ4v) is 2.08. The van der Waals surface area contributed by atoms with E-state index in [4.69, 9.17) is 9.68 Å². The first kappa shape index (κ1) is 16.5. The number of carbonyl (C=O) groups excluding carboxylic acids is 1. The van der Waals surface area contributed by atoms with Gasteiger partial charge in [0.15, 0.2) is 5.75 Å². The summed E-state index contributed by atoms with van der Waals surface area (Å²) in [5.74, 6) is 0.334. The third-order valence-corrected chi connectivity index (χ3v) is 3.58. The minimum absolute atomic E-state index is 0.189. The molecule has 0 saturated carbocycles. The molecule has 1 N–H and O–H groups in total. The van der Waals surface area contributed by atoms with Gasteiger partial charge in [-0.05, 0) is 54.1 Å². The lowest BCUT2D eigenvalue weighted by atomic mass is 10.1. The van der Waals surface area contributed by atoms with Crippen molar-refractivity contribution in [2.45, 2.75) is 6.92 Å². The van der Waals surface area contributed by atoms with Crippen LogP contribution in [-0.2, 0) is 4.84 Å². The molecule has 0 fully saturated rings. The van der Waals surface area contributed by atoms with Crippen LogP contribution in [0.3, 0.4) is 0 Å². The molecule has 2 aromatic rings. The van der Waals surface area contributed by atoms with Crippen LogP contribution in [0, 0.1) is 6.92 Å². The van der Waals surface area contributed by atoms with Gasteiger partial charge in [0.25, 0.3) is 5.91 Å². The van der Waals surface area contributed by atoms with E-state index in [1.807, 2.05) is 37.3 Å². The molecule has 0 aromatic heterocycles. The second-order valence-corrected chi connectivity index (χ2v) is 5.57. The number of nitrogens with one attached hydrogen (secondary N) is 1. The molecule has 1 amide bonds. The van der Waals surface area contributed by atoms with Gasteiger partial charge in [-0.2, -0.15) is 0 Å². The summed E-state index contributed by atoms with van der Waals surface area (Å²) >= 11 is 3.36. The first-order valence-corrected chi connectivity index (χ1v) is 7.42. The molecule has 0 atom stereocenters. The highest BCUT2D eigenvalue weighted by molar-refractivity contribution is 9.10. The molecular weight excluding hydrogens is 348 g/mol. The monoisotopic (exact) mass is 364 g/mol. The second kappa shape index (κ2) is 7.40. The minimum Gasteiger partial charge on any atom is -0.381 e. The summed E-state index contributed by atoms with van der Waals surface area (Å²) in [6, 6.07) is 12.7. The van der Waals surface area contributed by atoms with E-state index in [-0.39, 0.29) is 5.91 Å². The number of nitrogens with zero attached hydrogens (tertiary/aromatic N) is 1. The Morgan fingerprint density at radius 3 is 2.50 bits per heavy atom. The number of benzene rings is 2. The minimum atomic E-state index is -0.189. The van der Waals surface area contributed by atoms with E-state index >= 15 is 0 Å². The van der Waals surface area contributed by atoms with E-state index in [1.54, 1.807) is 19.2 Å². The predicted molar refractivity (Wildman–Crippen MR) is 88.7 cm³/mol. The van der Waals surface area contributed by atoms with E-state index in [9.17, 15) is 4.79 Å². The zero-order chi connectivity index (χ0) is 16.1.